The maximum Gasteiger partial charge on any atom is 0.433 e. The first-order valence-corrected chi connectivity index (χ1v) is 9.53. The van der Waals surface area contributed by atoms with Gasteiger partial charge in [0.15, 0.2) is 11.3 Å². The van der Waals surface area contributed by atoms with Gasteiger partial charge in [0.05, 0.1) is 29.5 Å². The van der Waals surface area contributed by atoms with Crippen LogP contribution in [0.3, 0.4) is 0 Å². The minimum atomic E-state index is -4.69. The van der Waals surface area contributed by atoms with E-state index in [-0.39, 0.29) is 28.4 Å². The zero-order valence-corrected chi connectivity index (χ0v) is 17.9. The molecule has 11 nitrogen and oxygen atoms in total. The molecule has 33 heavy (non-hydrogen) atoms. The number of aryl methyl sites for hydroxylation is 3. The average Bonchev–Trinajstić information content (AvgIpc) is 3.40. The lowest BCUT2D eigenvalue weighted by Gasteiger charge is -2.09. The standard InChI is InChI=1S/C19H18F3N9O2/c1-9-5-14(19(20,21)22)31-15(25-9)6-11(28-31)17(32)27-13-8-24-30(4)16(13)18(33)26-12-7-23-29(3)10(12)2/h5-8H,1-4H3,(H,26,33)(H,27,32). The van der Waals surface area contributed by atoms with Crippen molar-refractivity contribution in [2.24, 2.45) is 14.1 Å². The number of anilines is 2. The highest BCUT2D eigenvalue weighted by molar-refractivity contribution is 6.11. The number of fused-ring (bicyclic) bond motifs is 1. The summed E-state index contributed by atoms with van der Waals surface area (Å²) in [5, 5.41) is 17.0. The number of alkyl halides is 3. The van der Waals surface area contributed by atoms with Crippen LogP contribution >= 0.6 is 0 Å². The number of nitrogens with zero attached hydrogens (tertiary/aromatic N) is 7. The molecule has 0 fully saturated rings. The van der Waals surface area contributed by atoms with Gasteiger partial charge in [-0.05, 0) is 19.9 Å². The van der Waals surface area contributed by atoms with Crippen LogP contribution in [0.2, 0.25) is 0 Å². The molecule has 2 N–H and O–H groups in total. The summed E-state index contributed by atoms with van der Waals surface area (Å²) in [6, 6.07) is 1.97. The zero-order chi connectivity index (χ0) is 24.1. The first kappa shape index (κ1) is 22.0. The van der Waals surface area contributed by atoms with Gasteiger partial charge in [0.25, 0.3) is 11.8 Å². The van der Waals surface area contributed by atoms with Gasteiger partial charge in [-0.25, -0.2) is 9.50 Å². The fourth-order valence-corrected chi connectivity index (χ4v) is 3.20. The van der Waals surface area contributed by atoms with E-state index in [0.717, 1.165) is 12.1 Å². The molecule has 0 saturated carbocycles. The van der Waals surface area contributed by atoms with Crippen LogP contribution in [0.4, 0.5) is 24.5 Å². The number of halogens is 3. The lowest BCUT2D eigenvalue weighted by Crippen LogP contribution is -2.21. The van der Waals surface area contributed by atoms with Gasteiger partial charge in [-0.15, -0.1) is 0 Å². The summed E-state index contributed by atoms with van der Waals surface area (Å²) in [6.45, 7) is 3.18. The maximum atomic E-state index is 13.4. The minimum absolute atomic E-state index is 0.0281. The van der Waals surface area contributed by atoms with Crippen molar-refractivity contribution in [1.82, 2.24) is 34.2 Å². The van der Waals surface area contributed by atoms with E-state index in [2.05, 4.69) is 30.9 Å². The number of hydrogen-bond acceptors (Lipinski definition) is 6. The SMILES string of the molecule is Cc1cc(C(F)(F)F)n2nc(C(=O)Nc3cnn(C)c3C(=O)Nc3cnn(C)c3C)cc2n1. The van der Waals surface area contributed by atoms with Gasteiger partial charge in [-0.3, -0.25) is 19.0 Å². The fourth-order valence-electron chi connectivity index (χ4n) is 3.20. The quantitative estimate of drug-likeness (QED) is 0.481. The maximum absolute atomic E-state index is 13.4. The van der Waals surface area contributed by atoms with Crippen molar-refractivity contribution in [2.45, 2.75) is 20.0 Å². The van der Waals surface area contributed by atoms with E-state index in [9.17, 15) is 22.8 Å². The summed E-state index contributed by atoms with van der Waals surface area (Å²) in [5.41, 5.74) is -0.109. The fraction of sp³-hybridized carbons (Fsp3) is 0.263. The predicted molar refractivity (Wildman–Crippen MR) is 110 cm³/mol. The number of carbonyl (C=O) groups excluding carboxylic acids is 2. The van der Waals surface area contributed by atoms with Gasteiger partial charge < -0.3 is 10.6 Å². The molecule has 4 rings (SSSR count). The molecule has 0 spiro atoms. The van der Waals surface area contributed by atoms with E-state index in [4.69, 9.17) is 0 Å². The summed E-state index contributed by atoms with van der Waals surface area (Å²) >= 11 is 0. The van der Waals surface area contributed by atoms with E-state index in [1.54, 1.807) is 18.7 Å². The molecule has 0 aromatic carbocycles. The van der Waals surface area contributed by atoms with Crippen LogP contribution in [0.5, 0.6) is 0 Å². The van der Waals surface area contributed by atoms with Crippen molar-refractivity contribution in [3.8, 4) is 0 Å². The Morgan fingerprint density at radius 1 is 0.939 bits per heavy atom. The molecule has 4 aromatic rings. The number of hydrogen-bond donors (Lipinski definition) is 2. The Labute approximate surface area is 184 Å². The normalized spacial score (nSPS) is 11.7. The Bertz CT molecular complexity index is 1400. The number of carbonyl (C=O) groups is 2. The van der Waals surface area contributed by atoms with Crippen molar-refractivity contribution < 1.29 is 22.8 Å². The van der Waals surface area contributed by atoms with Crippen molar-refractivity contribution in [2.75, 3.05) is 10.6 Å². The second-order valence-corrected chi connectivity index (χ2v) is 7.29. The summed E-state index contributed by atoms with van der Waals surface area (Å²) in [6.07, 6.45) is -1.96. The molecule has 0 saturated heterocycles. The molecule has 172 valence electrons. The van der Waals surface area contributed by atoms with E-state index >= 15 is 0 Å². The largest absolute Gasteiger partial charge is 0.433 e. The number of rotatable bonds is 4. The lowest BCUT2D eigenvalue weighted by molar-refractivity contribution is -0.142. The molecule has 0 radical (unpaired) electrons. The monoisotopic (exact) mass is 461 g/mol. The van der Waals surface area contributed by atoms with E-state index in [0.29, 0.717) is 15.9 Å². The topological polar surface area (TPSA) is 124 Å². The molecule has 0 bridgehead atoms. The third kappa shape index (κ3) is 4.02. The third-order valence-corrected chi connectivity index (χ3v) is 4.96. The molecule has 4 heterocycles. The van der Waals surface area contributed by atoms with Crippen LogP contribution in [0.15, 0.2) is 24.5 Å². The summed E-state index contributed by atoms with van der Waals surface area (Å²) in [7, 11) is 3.23. The van der Waals surface area contributed by atoms with Gasteiger partial charge >= 0.3 is 6.18 Å². The lowest BCUT2D eigenvalue weighted by atomic mass is 10.3. The summed E-state index contributed by atoms with van der Waals surface area (Å²) < 4.78 is 43.5. The minimum Gasteiger partial charge on any atom is -0.318 e. The number of nitrogens with one attached hydrogen (secondary N) is 2. The van der Waals surface area contributed by atoms with Crippen molar-refractivity contribution >= 4 is 28.8 Å². The highest BCUT2D eigenvalue weighted by Gasteiger charge is 2.35. The molecule has 0 atom stereocenters. The highest BCUT2D eigenvalue weighted by atomic mass is 19.4. The Kier molecular flexibility index (Phi) is 5.14. The predicted octanol–water partition coefficient (Wildman–Crippen LogP) is 2.34. The summed E-state index contributed by atoms with van der Waals surface area (Å²) in [5.74, 6) is -1.39. The molecular weight excluding hydrogens is 443 g/mol. The van der Waals surface area contributed by atoms with E-state index < -0.39 is 23.7 Å². The van der Waals surface area contributed by atoms with Crippen molar-refractivity contribution in [3.05, 3.63) is 53.0 Å². The van der Waals surface area contributed by atoms with Crippen LogP contribution < -0.4 is 10.6 Å². The molecule has 2 amide bonds. The molecule has 0 aliphatic heterocycles. The van der Waals surface area contributed by atoms with Crippen LogP contribution in [-0.2, 0) is 20.3 Å². The highest BCUT2D eigenvalue weighted by Crippen LogP contribution is 2.30. The van der Waals surface area contributed by atoms with Crippen LogP contribution in [-0.4, -0.2) is 46.0 Å². The van der Waals surface area contributed by atoms with Crippen LogP contribution in [0.1, 0.15) is 38.1 Å². The van der Waals surface area contributed by atoms with Gasteiger partial charge in [-0.1, -0.05) is 0 Å². The van der Waals surface area contributed by atoms with Gasteiger partial charge in [0.2, 0.25) is 0 Å². The van der Waals surface area contributed by atoms with Gasteiger partial charge in [0.1, 0.15) is 11.4 Å². The first-order chi connectivity index (χ1) is 15.5. The van der Waals surface area contributed by atoms with Gasteiger partial charge in [0, 0.05) is 25.9 Å². The molecule has 4 aromatic heterocycles. The van der Waals surface area contributed by atoms with Crippen LogP contribution in [0.25, 0.3) is 5.65 Å². The van der Waals surface area contributed by atoms with Crippen LogP contribution in [0, 0.1) is 13.8 Å². The molecule has 0 aliphatic rings. The second kappa shape index (κ2) is 7.72. The summed E-state index contributed by atoms with van der Waals surface area (Å²) in [4.78, 5) is 29.6. The van der Waals surface area contributed by atoms with Gasteiger partial charge in [-0.2, -0.15) is 28.5 Å². The molecule has 0 unspecified atom stereocenters. The average molecular weight is 461 g/mol. The van der Waals surface area contributed by atoms with E-state index in [1.807, 2.05) is 0 Å². The molecule has 0 aliphatic carbocycles. The zero-order valence-electron chi connectivity index (χ0n) is 17.9. The Morgan fingerprint density at radius 3 is 2.21 bits per heavy atom. The number of amides is 2. The second-order valence-electron chi connectivity index (χ2n) is 7.29. The van der Waals surface area contributed by atoms with Crippen molar-refractivity contribution in [3.63, 3.8) is 0 Å². The molecule has 14 heteroatoms. The smallest absolute Gasteiger partial charge is 0.318 e. The Balaban J connectivity index is 1.63. The molecular formula is C19H18F3N9O2. The van der Waals surface area contributed by atoms with Crippen molar-refractivity contribution in [1.29, 1.82) is 0 Å². The van der Waals surface area contributed by atoms with E-state index in [1.165, 1.54) is 31.0 Å². The Hall–Kier alpha value is -4.23. The third-order valence-electron chi connectivity index (χ3n) is 4.96. The first-order valence-electron chi connectivity index (χ1n) is 9.53. The Morgan fingerprint density at radius 2 is 1.58 bits per heavy atom. The number of aromatic nitrogens is 7.